The van der Waals surface area contributed by atoms with E-state index in [1.807, 2.05) is 30.3 Å². The van der Waals surface area contributed by atoms with E-state index in [4.69, 9.17) is 0 Å². The molecule has 0 spiro atoms. The third-order valence-electron chi connectivity index (χ3n) is 4.15. The number of fused-ring (bicyclic) bond motifs is 2. The summed E-state index contributed by atoms with van der Waals surface area (Å²) in [5, 5.41) is 17.3. The molecule has 0 fully saturated rings. The zero-order valence-electron chi connectivity index (χ0n) is 12.6. The first-order chi connectivity index (χ1) is 11.3. The highest BCUT2D eigenvalue weighted by Gasteiger charge is 2.14. The van der Waals surface area contributed by atoms with Gasteiger partial charge in [-0.25, -0.2) is 4.98 Å². The molecule has 23 heavy (non-hydrogen) atoms. The number of phenolic OH excluding ortho intramolecular Hbond substituents is 1. The molecule has 5 heteroatoms. The lowest BCUT2D eigenvalue weighted by molar-refractivity contribution is 0.475. The minimum absolute atomic E-state index is 0.229. The standard InChI is InChI=1S/C18H17N3OS/c22-16-10-9-12-5-1-2-6-13(12)14(16)11-19-21-18-20-15-7-3-4-8-17(15)23-18/h1-2,5-6,9-11,22H,3-4,7-8H2,(H,20,21)/b19-11-. The van der Waals surface area contributed by atoms with Crippen LogP contribution in [0.4, 0.5) is 5.13 Å². The van der Waals surface area contributed by atoms with Crippen LogP contribution in [0.5, 0.6) is 5.75 Å². The summed E-state index contributed by atoms with van der Waals surface area (Å²) in [6, 6.07) is 11.6. The minimum atomic E-state index is 0.229. The number of nitrogens with zero attached hydrogens (tertiary/aromatic N) is 2. The maximum atomic E-state index is 10.1. The second-order valence-corrected chi connectivity index (χ2v) is 6.77. The van der Waals surface area contributed by atoms with Gasteiger partial charge in [0.2, 0.25) is 5.13 Å². The van der Waals surface area contributed by atoms with Crippen LogP contribution in [0, 0.1) is 0 Å². The van der Waals surface area contributed by atoms with Crippen molar-refractivity contribution in [3.05, 3.63) is 52.5 Å². The van der Waals surface area contributed by atoms with Gasteiger partial charge in [-0.1, -0.05) is 30.3 Å². The number of aryl methyl sites for hydroxylation is 2. The molecule has 4 nitrogen and oxygen atoms in total. The van der Waals surface area contributed by atoms with Crippen LogP contribution < -0.4 is 5.43 Å². The molecule has 1 aromatic heterocycles. The molecule has 116 valence electrons. The van der Waals surface area contributed by atoms with E-state index in [0.29, 0.717) is 0 Å². The number of rotatable bonds is 3. The van der Waals surface area contributed by atoms with Gasteiger partial charge < -0.3 is 5.11 Å². The highest BCUT2D eigenvalue weighted by atomic mass is 32.1. The molecular formula is C18H17N3OS. The van der Waals surface area contributed by atoms with Gasteiger partial charge in [0.1, 0.15) is 5.75 Å². The van der Waals surface area contributed by atoms with Crippen LogP contribution in [0.3, 0.4) is 0 Å². The summed E-state index contributed by atoms with van der Waals surface area (Å²) in [6.45, 7) is 0. The molecule has 0 bridgehead atoms. The van der Waals surface area contributed by atoms with E-state index < -0.39 is 0 Å². The number of thiazole rings is 1. The lowest BCUT2D eigenvalue weighted by atomic mass is 10.0. The van der Waals surface area contributed by atoms with Crippen LogP contribution in [-0.4, -0.2) is 16.3 Å². The van der Waals surface area contributed by atoms with Gasteiger partial charge in [-0.2, -0.15) is 5.10 Å². The molecule has 0 saturated heterocycles. The molecule has 0 atom stereocenters. The van der Waals surface area contributed by atoms with E-state index in [0.717, 1.165) is 34.3 Å². The number of nitrogens with one attached hydrogen (secondary N) is 1. The van der Waals surface area contributed by atoms with E-state index in [1.54, 1.807) is 23.6 Å². The Morgan fingerprint density at radius 1 is 1.13 bits per heavy atom. The summed E-state index contributed by atoms with van der Waals surface area (Å²) in [5.41, 5.74) is 4.94. The number of hydrogen-bond donors (Lipinski definition) is 2. The molecule has 1 aliphatic carbocycles. The van der Waals surface area contributed by atoms with Crippen LogP contribution in [0.1, 0.15) is 29.0 Å². The topological polar surface area (TPSA) is 57.5 Å². The molecule has 0 amide bonds. The zero-order chi connectivity index (χ0) is 15.6. The van der Waals surface area contributed by atoms with Crippen molar-refractivity contribution in [3.8, 4) is 5.75 Å². The predicted molar refractivity (Wildman–Crippen MR) is 95.6 cm³/mol. The van der Waals surface area contributed by atoms with E-state index in [1.165, 1.54) is 23.4 Å². The molecular weight excluding hydrogens is 306 g/mol. The molecule has 1 aliphatic rings. The maximum Gasteiger partial charge on any atom is 0.203 e. The van der Waals surface area contributed by atoms with Crippen molar-refractivity contribution in [2.75, 3.05) is 5.43 Å². The Labute approximate surface area is 138 Å². The number of hydrazone groups is 1. The Bertz CT molecular complexity index is 862. The number of aromatic hydroxyl groups is 1. The van der Waals surface area contributed by atoms with E-state index in [2.05, 4.69) is 15.5 Å². The Balaban J connectivity index is 1.59. The molecule has 4 rings (SSSR count). The van der Waals surface area contributed by atoms with E-state index in [-0.39, 0.29) is 5.75 Å². The highest BCUT2D eigenvalue weighted by molar-refractivity contribution is 7.15. The van der Waals surface area contributed by atoms with E-state index in [9.17, 15) is 5.11 Å². The Kier molecular flexibility index (Phi) is 3.71. The Hall–Kier alpha value is -2.40. The fourth-order valence-corrected chi connectivity index (χ4v) is 3.97. The highest BCUT2D eigenvalue weighted by Crippen LogP contribution is 2.30. The third-order valence-corrected chi connectivity index (χ3v) is 5.21. The van der Waals surface area contributed by atoms with Gasteiger partial charge in [0.25, 0.3) is 0 Å². The van der Waals surface area contributed by atoms with E-state index >= 15 is 0 Å². The first-order valence-electron chi connectivity index (χ1n) is 7.79. The molecule has 3 aromatic rings. The van der Waals surface area contributed by atoms with Crippen molar-refractivity contribution >= 4 is 33.5 Å². The molecule has 0 unspecified atom stereocenters. The number of anilines is 1. The molecule has 0 saturated carbocycles. The Morgan fingerprint density at radius 2 is 2.00 bits per heavy atom. The lowest BCUT2D eigenvalue weighted by Gasteiger charge is -2.06. The maximum absolute atomic E-state index is 10.1. The largest absolute Gasteiger partial charge is 0.507 e. The first kappa shape index (κ1) is 14.2. The minimum Gasteiger partial charge on any atom is -0.507 e. The lowest BCUT2D eigenvalue weighted by Crippen LogP contribution is -1.99. The number of hydrogen-bond acceptors (Lipinski definition) is 5. The summed E-state index contributed by atoms with van der Waals surface area (Å²) >= 11 is 1.68. The van der Waals surface area contributed by atoms with Gasteiger partial charge in [-0.3, -0.25) is 5.43 Å². The summed E-state index contributed by atoms with van der Waals surface area (Å²) in [6.07, 6.45) is 6.34. The second kappa shape index (κ2) is 6.01. The number of aromatic nitrogens is 1. The number of phenols is 1. The predicted octanol–water partition coefficient (Wildman–Crippen LogP) is 4.33. The van der Waals surface area contributed by atoms with Crippen LogP contribution in [0.25, 0.3) is 10.8 Å². The second-order valence-electron chi connectivity index (χ2n) is 5.69. The average molecular weight is 323 g/mol. The summed E-state index contributed by atoms with van der Waals surface area (Å²) in [4.78, 5) is 5.97. The first-order valence-corrected chi connectivity index (χ1v) is 8.61. The summed E-state index contributed by atoms with van der Waals surface area (Å²) in [5.74, 6) is 0.229. The summed E-state index contributed by atoms with van der Waals surface area (Å²) in [7, 11) is 0. The van der Waals surface area contributed by atoms with Crippen molar-refractivity contribution in [3.63, 3.8) is 0 Å². The smallest absolute Gasteiger partial charge is 0.203 e. The van der Waals surface area contributed by atoms with Crippen molar-refractivity contribution in [1.82, 2.24) is 4.98 Å². The monoisotopic (exact) mass is 323 g/mol. The van der Waals surface area contributed by atoms with Gasteiger partial charge in [0.05, 0.1) is 11.9 Å². The third kappa shape index (κ3) is 2.80. The van der Waals surface area contributed by atoms with Crippen molar-refractivity contribution in [1.29, 1.82) is 0 Å². The van der Waals surface area contributed by atoms with Gasteiger partial charge in [-0.05, 0) is 42.5 Å². The van der Waals surface area contributed by atoms with Crippen LogP contribution in [0.2, 0.25) is 0 Å². The molecule has 2 N–H and O–H groups in total. The molecule has 1 heterocycles. The fourth-order valence-electron chi connectivity index (χ4n) is 2.97. The van der Waals surface area contributed by atoms with Crippen LogP contribution >= 0.6 is 11.3 Å². The Morgan fingerprint density at radius 3 is 2.91 bits per heavy atom. The van der Waals surface area contributed by atoms with Crippen LogP contribution in [0.15, 0.2) is 41.5 Å². The van der Waals surface area contributed by atoms with Crippen molar-refractivity contribution < 1.29 is 5.11 Å². The van der Waals surface area contributed by atoms with Crippen molar-refractivity contribution in [2.24, 2.45) is 5.10 Å². The van der Waals surface area contributed by atoms with Crippen LogP contribution in [-0.2, 0) is 12.8 Å². The quantitative estimate of drug-likeness (QED) is 0.557. The van der Waals surface area contributed by atoms with Gasteiger partial charge in [-0.15, -0.1) is 11.3 Å². The normalized spacial score (nSPS) is 14.3. The zero-order valence-corrected chi connectivity index (χ0v) is 13.4. The molecule has 2 aromatic carbocycles. The molecule has 0 radical (unpaired) electrons. The number of benzene rings is 2. The molecule has 0 aliphatic heterocycles. The van der Waals surface area contributed by atoms with Crippen molar-refractivity contribution in [2.45, 2.75) is 25.7 Å². The van der Waals surface area contributed by atoms with Gasteiger partial charge in [0.15, 0.2) is 0 Å². The SMILES string of the molecule is Oc1ccc2ccccc2c1/C=N\Nc1nc2c(s1)CCCC2. The average Bonchev–Trinajstić information content (AvgIpc) is 2.99. The fraction of sp³-hybridized carbons (Fsp3) is 0.222. The summed E-state index contributed by atoms with van der Waals surface area (Å²) < 4.78 is 0. The van der Waals surface area contributed by atoms with Gasteiger partial charge in [0, 0.05) is 10.4 Å². The van der Waals surface area contributed by atoms with Gasteiger partial charge >= 0.3 is 0 Å².